The summed E-state index contributed by atoms with van der Waals surface area (Å²) >= 11 is 3.63. The number of hydrogen-bond acceptors (Lipinski definition) is 9. The first kappa shape index (κ1) is 25.8. The van der Waals surface area contributed by atoms with E-state index >= 15 is 0 Å². The van der Waals surface area contributed by atoms with Crippen LogP contribution in [-0.4, -0.2) is 82.3 Å². The summed E-state index contributed by atoms with van der Waals surface area (Å²) in [6.07, 6.45) is -0.310. The Kier molecular flexibility index (Phi) is 8.09. The molecule has 1 aromatic carbocycles. The third kappa shape index (κ3) is 5.82. The van der Waals surface area contributed by atoms with Gasteiger partial charge in [-0.25, -0.2) is 14.4 Å². The van der Waals surface area contributed by atoms with Crippen molar-refractivity contribution in [3.05, 3.63) is 33.9 Å². The summed E-state index contributed by atoms with van der Waals surface area (Å²) in [6, 6.07) is 5.61. The van der Waals surface area contributed by atoms with Crippen LogP contribution in [0.15, 0.2) is 33.9 Å². The molecule has 2 heterocycles. The van der Waals surface area contributed by atoms with E-state index in [9.17, 15) is 14.4 Å². The molecule has 0 bridgehead atoms. The number of amides is 1. The maximum Gasteiger partial charge on any atom is 0.410 e. The topological polar surface area (TPSA) is 97.9 Å². The van der Waals surface area contributed by atoms with Crippen molar-refractivity contribution in [2.45, 2.75) is 26.4 Å². The van der Waals surface area contributed by atoms with Crippen molar-refractivity contribution in [1.82, 2.24) is 4.90 Å². The molecular weight excluding hydrogens is 510 g/mol. The summed E-state index contributed by atoms with van der Waals surface area (Å²) in [6.45, 7) is 7.95. The highest BCUT2D eigenvalue weighted by Crippen LogP contribution is 2.34. The van der Waals surface area contributed by atoms with Crippen LogP contribution in [-0.2, 0) is 28.5 Å². The summed E-state index contributed by atoms with van der Waals surface area (Å²) in [5.74, 6) is -1.30. The molecule has 0 spiro atoms. The second-order valence-electron chi connectivity index (χ2n) is 8.81. The molecule has 0 saturated carbocycles. The predicted molar refractivity (Wildman–Crippen MR) is 129 cm³/mol. The van der Waals surface area contributed by atoms with Gasteiger partial charge in [0.15, 0.2) is 0 Å². The zero-order valence-electron chi connectivity index (χ0n) is 20.1. The zero-order valence-corrected chi connectivity index (χ0v) is 21.6. The number of nitrogens with zero attached hydrogens (tertiary/aromatic N) is 3. The average Bonchev–Trinajstić information content (AvgIpc) is 2.81. The second-order valence-corrected chi connectivity index (χ2v) is 9.66. The van der Waals surface area contributed by atoms with E-state index in [1.807, 2.05) is 39.0 Å². The van der Waals surface area contributed by atoms with Gasteiger partial charge in [-0.3, -0.25) is 0 Å². The summed E-state index contributed by atoms with van der Waals surface area (Å²) in [5.41, 5.74) is 1.24. The van der Waals surface area contributed by atoms with Crippen molar-refractivity contribution in [1.29, 1.82) is 0 Å². The van der Waals surface area contributed by atoms with Crippen LogP contribution in [0.5, 0.6) is 0 Å². The molecular formula is C23H30BrN3O7. The van der Waals surface area contributed by atoms with Crippen molar-refractivity contribution in [2.24, 2.45) is 0 Å². The first-order valence-electron chi connectivity index (χ1n) is 10.8. The molecule has 34 heavy (non-hydrogen) atoms. The van der Waals surface area contributed by atoms with E-state index in [0.29, 0.717) is 31.9 Å². The lowest BCUT2D eigenvalue weighted by Gasteiger charge is -2.37. The Morgan fingerprint density at radius 1 is 1.00 bits per heavy atom. The number of halogens is 1. The normalized spacial score (nSPS) is 16.9. The first-order chi connectivity index (χ1) is 16.1. The Balaban J connectivity index is 1.78. The van der Waals surface area contributed by atoms with Crippen molar-refractivity contribution in [3.63, 3.8) is 0 Å². The fraction of sp³-hybridized carbons (Fsp3) is 0.522. The molecule has 0 N–H and O–H groups in total. The van der Waals surface area contributed by atoms with Gasteiger partial charge in [0.2, 0.25) is 0 Å². The number of methoxy groups -OCH3 is 2. The minimum atomic E-state index is -0.651. The molecule has 1 amide bonds. The molecule has 1 saturated heterocycles. The van der Waals surface area contributed by atoms with E-state index in [2.05, 4.69) is 20.8 Å². The number of carbonyl (C=O) groups is 3. The van der Waals surface area contributed by atoms with Gasteiger partial charge in [0.1, 0.15) is 18.0 Å². The Hall–Kier alpha value is -2.79. The van der Waals surface area contributed by atoms with Crippen LogP contribution in [0.1, 0.15) is 20.8 Å². The number of esters is 2. The van der Waals surface area contributed by atoms with Crippen LogP contribution in [0.25, 0.3) is 0 Å². The lowest BCUT2D eigenvalue weighted by molar-refractivity contribution is -0.140. The summed E-state index contributed by atoms with van der Waals surface area (Å²) in [5, 5.41) is 0. The molecule has 0 aliphatic carbocycles. The molecule has 2 aliphatic rings. The minimum Gasteiger partial charge on any atom is -0.466 e. The van der Waals surface area contributed by atoms with Crippen molar-refractivity contribution in [2.75, 3.05) is 63.5 Å². The van der Waals surface area contributed by atoms with Crippen molar-refractivity contribution < 1.29 is 33.3 Å². The van der Waals surface area contributed by atoms with Crippen LogP contribution < -0.4 is 9.80 Å². The molecule has 10 nitrogen and oxygen atoms in total. The Bertz CT molecular complexity index is 981. The lowest BCUT2D eigenvalue weighted by atomic mass is 10.1. The quantitative estimate of drug-likeness (QED) is 0.422. The number of anilines is 2. The van der Waals surface area contributed by atoms with Gasteiger partial charge in [0.05, 0.1) is 32.1 Å². The first-order valence-corrected chi connectivity index (χ1v) is 11.6. The smallest absolute Gasteiger partial charge is 0.410 e. The van der Waals surface area contributed by atoms with Gasteiger partial charge in [-0.1, -0.05) is 0 Å². The van der Waals surface area contributed by atoms with Gasteiger partial charge in [0, 0.05) is 36.3 Å². The summed E-state index contributed by atoms with van der Waals surface area (Å²) in [4.78, 5) is 42.5. The summed E-state index contributed by atoms with van der Waals surface area (Å²) in [7, 11) is 2.50. The minimum absolute atomic E-state index is 0.0468. The third-order valence-electron chi connectivity index (χ3n) is 5.35. The number of ether oxygens (including phenoxy) is 4. The number of piperazine rings is 1. The van der Waals surface area contributed by atoms with Crippen molar-refractivity contribution in [3.8, 4) is 0 Å². The molecule has 1 aromatic rings. The van der Waals surface area contributed by atoms with Gasteiger partial charge in [-0.2, -0.15) is 0 Å². The second kappa shape index (κ2) is 10.6. The highest BCUT2D eigenvalue weighted by atomic mass is 79.9. The van der Waals surface area contributed by atoms with Gasteiger partial charge in [0.25, 0.3) is 0 Å². The zero-order chi connectivity index (χ0) is 25.0. The summed E-state index contributed by atoms with van der Waals surface area (Å²) < 4.78 is 21.5. The van der Waals surface area contributed by atoms with Gasteiger partial charge in [-0.05, 0) is 54.9 Å². The average molecular weight is 540 g/mol. The largest absolute Gasteiger partial charge is 0.466 e. The molecule has 0 radical (unpaired) electrons. The van der Waals surface area contributed by atoms with E-state index in [1.54, 1.807) is 9.80 Å². The van der Waals surface area contributed by atoms with Crippen LogP contribution in [0.4, 0.5) is 16.2 Å². The van der Waals surface area contributed by atoms with Crippen LogP contribution >= 0.6 is 15.9 Å². The lowest BCUT2D eigenvalue weighted by Crippen LogP contribution is -2.50. The standard InChI is InChI=1S/C23H30BrN3O7/c1-23(2,3)34-22(30)26-10-8-25(9-11-26)18-7-6-15(12-17(18)24)27-14-33-13-16(20(28)31-4)19(27)21(29)32-5/h6-7,12H,8-11,13-14H2,1-5H3. The molecule has 0 unspecified atom stereocenters. The van der Waals surface area contributed by atoms with Gasteiger partial charge >= 0.3 is 18.0 Å². The van der Waals surface area contributed by atoms with E-state index in [4.69, 9.17) is 18.9 Å². The van der Waals surface area contributed by atoms with E-state index < -0.39 is 17.5 Å². The molecule has 186 valence electrons. The van der Waals surface area contributed by atoms with Gasteiger partial charge in [-0.15, -0.1) is 0 Å². The van der Waals surface area contributed by atoms with Crippen molar-refractivity contribution >= 4 is 45.3 Å². The fourth-order valence-electron chi connectivity index (χ4n) is 3.72. The Labute approximate surface area is 207 Å². The number of hydrogen-bond donors (Lipinski definition) is 0. The van der Waals surface area contributed by atoms with Crippen LogP contribution in [0.2, 0.25) is 0 Å². The highest BCUT2D eigenvalue weighted by Gasteiger charge is 2.33. The predicted octanol–water partition coefficient (Wildman–Crippen LogP) is 2.90. The monoisotopic (exact) mass is 539 g/mol. The van der Waals surface area contributed by atoms with E-state index in [1.165, 1.54) is 14.2 Å². The SMILES string of the molecule is COC(=O)C1=C(C(=O)OC)N(c2ccc(N3CCN(C(=O)OC(C)(C)C)CC3)c(Br)c2)COC1. The molecule has 1 fully saturated rings. The Morgan fingerprint density at radius 2 is 1.65 bits per heavy atom. The Morgan fingerprint density at radius 3 is 2.21 bits per heavy atom. The molecule has 3 rings (SSSR count). The fourth-order valence-corrected chi connectivity index (χ4v) is 4.34. The third-order valence-corrected chi connectivity index (χ3v) is 5.98. The van der Waals surface area contributed by atoms with Gasteiger partial charge < -0.3 is 33.6 Å². The molecule has 0 atom stereocenters. The van der Waals surface area contributed by atoms with E-state index in [0.717, 1.165) is 10.2 Å². The van der Waals surface area contributed by atoms with Crippen LogP contribution in [0.3, 0.4) is 0 Å². The number of rotatable bonds is 4. The maximum atomic E-state index is 12.5. The molecule has 0 aromatic heterocycles. The molecule has 2 aliphatic heterocycles. The maximum absolute atomic E-state index is 12.5. The van der Waals surface area contributed by atoms with Crippen LogP contribution in [0, 0.1) is 0 Å². The molecule has 11 heteroatoms. The number of benzene rings is 1. The van der Waals surface area contributed by atoms with E-state index in [-0.39, 0.29) is 30.7 Å². The highest BCUT2D eigenvalue weighted by molar-refractivity contribution is 9.10. The number of carbonyl (C=O) groups excluding carboxylic acids is 3.